The molecule has 1 aromatic carbocycles. The molecule has 2 aliphatic carbocycles. The van der Waals surface area contributed by atoms with E-state index < -0.39 is 0 Å². The van der Waals surface area contributed by atoms with Gasteiger partial charge in [-0.25, -0.2) is 0 Å². The maximum Gasteiger partial charge on any atom is 0.223 e. The maximum absolute atomic E-state index is 12.4. The van der Waals surface area contributed by atoms with Gasteiger partial charge >= 0.3 is 0 Å². The molecular weight excluding hydrogens is 260 g/mol. The van der Waals surface area contributed by atoms with E-state index in [0.29, 0.717) is 29.2 Å². The summed E-state index contributed by atoms with van der Waals surface area (Å²) in [5.74, 6) is 1.29. The van der Waals surface area contributed by atoms with E-state index in [1.807, 2.05) is 0 Å². The molecule has 0 radical (unpaired) electrons. The standard InChI is InChI=1S/C18H24N2O/c21-17(15-12-18(15)6-8-19-9-7-18)20-16-11-14(16)10-13-4-2-1-3-5-13/h1-5,14-16,19H,6-12H2,(H,20,21). The zero-order valence-corrected chi connectivity index (χ0v) is 12.5. The Morgan fingerprint density at radius 1 is 1.24 bits per heavy atom. The molecule has 1 aliphatic heterocycles. The monoisotopic (exact) mass is 284 g/mol. The third-order valence-electron chi connectivity index (χ3n) is 5.70. The molecule has 3 unspecified atom stereocenters. The lowest BCUT2D eigenvalue weighted by atomic mass is 9.92. The summed E-state index contributed by atoms with van der Waals surface area (Å²) in [6, 6.07) is 11.0. The van der Waals surface area contributed by atoms with E-state index in [1.165, 1.54) is 18.4 Å². The maximum atomic E-state index is 12.4. The summed E-state index contributed by atoms with van der Waals surface area (Å²) in [6.45, 7) is 2.17. The van der Waals surface area contributed by atoms with Crippen LogP contribution in [0, 0.1) is 17.3 Å². The smallest absolute Gasteiger partial charge is 0.223 e. The van der Waals surface area contributed by atoms with E-state index in [2.05, 4.69) is 41.0 Å². The first-order valence-electron chi connectivity index (χ1n) is 8.32. The summed E-state index contributed by atoms with van der Waals surface area (Å²) in [5, 5.41) is 6.69. The van der Waals surface area contributed by atoms with E-state index in [4.69, 9.17) is 0 Å². The van der Waals surface area contributed by atoms with Crippen LogP contribution in [0.4, 0.5) is 0 Å². The number of nitrogens with one attached hydrogen (secondary N) is 2. The first-order valence-corrected chi connectivity index (χ1v) is 8.32. The van der Waals surface area contributed by atoms with Crippen molar-refractivity contribution in [2.75, 3.05) is 13.1 Å². The van der Waals surface area contributed by atoms with Gasteiger partial charge in [0, 0.05) is 12.0 Å². The number of hydrogen-bond acceptors (Lipinski definition) is 2. The minimum absolute atomic E-state index is 0.303. The molecule has 1 aromatic rings. The van der Waals surface area contributed by atoms with Gasteiger partial charge in [0.05, 0.1) is 0 Å². The van der Waals surface area contributed by atoms with Crippen molar-refractivity contribution in [1.29, 1.82) is 0 Å². The summed E-state index contributed by atoms with van der Waals surface area (Å²) in [7, 11) is 0. The largest absolute Gasteiger partial charge is 0.353 e. The molecule has 0 aromatic heterocycles. The van der Waals surface area contributed by atoms with E-state index in [1.54, 1.807) is 0 Å². The molecule has 1 spiro atoms. The van der Waals surface area contributed by atoms with Gasteiger partial charge in [-0.1, -0.05) is 30.3 Å². The van der Waals surface area contributed by atoms with Crippen molar-refractivity contribution in [2.24, 2.45) is 17.3 Å². The fourth-order valence-electron chi connectivity index (χ4n) is 4.05. The van der Waals surface area contributed by atoms with Gasteiger partial charge in [-0.05, 0) is 62.1 Å². The number of carbonyl (C=O) groups excluding carboxylic acids is 1. The number of hydrogen-bond donors (Lipinski definition) is 2. The van der Waals surface area contributed by atoms with E-state index in [9.17, 15) is 4.79 Å². The second kappa shape index (κ2) is 5.13. The summed E-state index contributed by atoms with van der Waals surface area (Å²) in [5.41, 5.74) is 1.75. The highest BCUT2D eigenvalue weighted by Gasteiger charge is 2.58. The highest BCUT2D eigenvalue weighted by molar-refractivity contribution is 5.83. The van der Waals surface area contributed by atoms with Crippen molar-refractivity contribution in [3.63, 3.8) is 0 Å². The summed E-state index contributed by atoms with van der Waals surface area (Å²) in [4.78, 5) is 12.4. The molecule has 3 aliphatic rings. The second-order valence-corrected chi connectivity index (χ2v) is 7.17. The average Bonchev–Trinajstić information content (AvgIpc) is 3.40. The van der Waals surface area contributed by atoms with Crippen molar-refractivity contribution in [2.45, 2.75) is 38.1 Å². The predicted molar refractivity (Wildman–Crippen MR) is 82.8 cm³/mol. The molecule has 1 amide bonds. The van der Waals surface area contributed by atoms with Crippen LogP contribution < -0.4 is 10.6 Å². The minimum Gasteiger partial charge on any atom is -0.353 e. The second-order valence-electron chi connectivity index (χ2n) is 7.17. The van der Waals surface area contributed by atoms with Gasteiger partial charge in [-0.2, -0.15) is 0 Å². The van der Waals surface area contributed by atoms with Crippen LogP contribution >= 0.6 is 0 Å². The van der Waals surface area contributed by atoms with Crippen molar-refractivity contribution in [1.82, 2.24) is 10.6 Å². The SMILES string of the molecule is O=C(NC1CC1Cc1ccccc1)C1CC12CCNCC2. The lowest BCUT2D eigenvalue weighted by Gasteiger charge is -2.23. The fourth-order valence-corrected chi connectivity index (χ4v) is 4.05. The van der Waals surface area contributed by atoms with Gasteiger partial charge in [-0.3, -0.25) is 4.79 Å². The Labute approximate surface area is 126 Å². The molecule has 4 rings (SSSR count). The number of amides is 1. The lowest BCUT2D eigenvalue weighted by molar-refractivity contribution is -0.123. The Bertz CT molecular complexity index is 521. The number of piperidine rings is 1. The molecule has 1 heterocycles. The first kappa shape index (κ1) is 13.3. The molecule has 3 atom stereocenters. The molecule has 2 N–H and O–H groups in total. The van der Waals surface area contributed by atoms with Crippen LogP contribution in [0.3, 0.4) is 0 Å². The average molecular weight is 284 g/mol. The summed E-state index contributed by atoms with van der Waals surface area (Å²) in [6.07, 6.45) is 5.75. The minimum atomic E-state index is 0.303. The molecule has 0 bridgehead atoms. The molecule has 1 saturated heterocycles. The third-order valence-corrected chi connectivity index (χ3v) is 5.70. The molecular formula is C18H24N2O. The fraction of sp³-hybridized carbons (Fsp3) is 0.611. The van der Waals surface area contributed by atoms with Gasteiger partial charge < -0.3 is 10.6 Å². The summed E-state index contributed by atoms with van der Waals surface area (Å²) >= 11 is 0. The van der Waals surface area contributed by atoms with Crippen molar-refractivity contribution < 1.29 is 4.79 Å². The molecule has 3 fully saturated rings. The van der Waals surface area contributed by atoms with Crippen molar-refractivity contribution >= 4 is 5.91 Å². The number of rotatable bonds is 4. The molecule has 3 heteroatoms. The van der Waals surface area contributed by atoms with Crippen LogP contribution in [0.1, 0.15) is 31.2 Å². The number of benzene rings is 1. The number of carbonyl (C=O) groups is 1. The lowest BCUT2D eigenvalue weighted by Crippen LogP contribution is -2.34. The first-order chi connectivity index (χ1) is 10.3. The Kier molecular flexibility index (Phi) is 3.26. The summed E-state index contributed by atoms with van der Waals surface area (Å²) < 4.78 is 0. The van der Waals surface area contributed by atoms with Gasteiger partial charge in [0.1, 0.15) is 0 Å². The molecule has 21 heavy (non-hydrogen) atoms. The normalized spacial score (nSPS) is 32.7. The zero-order valence-electron chi connectivity index (χ0n) is 12.5. The highest BCUT2D eigenvalue weighted by atomic mass is 16.2. The van der Waals surface area contributed by atoms with Gasteiger partial charge in [0.25, 0.3) is 0 Å². The topological polar surface area (TPSA) is 41.1 Å². The Hall–Kier alpha value is -1.35. The van der Waals surface area contributed by atoms with Crippen LogP contribution in [-0.2, 0) is 11.2 Å². The Morgan fingerprint density at radius 3 is 2.76 bits per heavy atom. The molecule has 3 nitrogen and oxygen atoms in total. The van der Waals surface area contributed by atoms with E-state index >= 15 is 0 Å². The van der Waals surface area contributed by atoms with Crippen LogP contribution in [0.5, 0.6) is 0 Å². The third kappa shape index (κ3) is 2.71. The quantitative estimate of drug-likeness (QED) is 0.889. The van der Waals surface area contributed by atoms with Crippen LogP contribution in [0.25, 0.3) is 0 Å². The van der Waals surface area contributed by atoms with E-state index in [-0.39, 0.29) is 0 Å². The van der Waals surface area contributed by atoms with Gasteiger partial charge in [0.2, 0.25) is 5.91 Å². The van der Waals surface area contributed by atoms with Crippen molar-refractivity contribution in [3.05, 3.63) is 35.9 Å². The molecule has 2 saturated carbocycles. The van der Waals surface area contributed by atoms with Gasteiger partial charge in [0.15, 0.2) is 0 Å². The van der Waals surface area contributed by atoms with Gasteiger partial charge in [-0.15, -0.1) is 0 Å². The zero-order chi connectivity index (χ0) is 14.3. The predicted octanol–water partition coefficient (Wildman–Crippen LogP) is 2.12. The van der Waals surface area contributed by atoms with Crippen LogP contribution in [-0.4, -0.2) is 25.0 Å². The highest BCUT2D eigenvalue weighted by Crippen LogP contribution is 2.58. The van der Waals surface area contributed by atoms with Crippen LogP contribution in [0.15, 0.2) is 30.3 Å². The molecule has 112 valence electrons. The van der Waals surface area contributed by atoms with Crippen LogP contribution in [0.2, 0.25) is 0 Å². The van der Waals surface area contributed by atoms with E-state index in [0.717, 1.165) is 32.4 Å². The van der Waals surface area contributed by atoms with Crippen molar-refractivity contribution in [3.8, 4) is 0 Å². The Morgan fingerprint density at radius 2 is 2.00 bits per heavy atom. The Balaban J connectivity index is 1.26.